The summed E-state index contributed by atoms with van der Waals surface area (Å²) >= 11 is 1.06. The number of thiophene rings is 1. The van der Waals surface area contributed by atoms with E-state index in [0.29, 0.717) is 69.3 Å². The van der Waals surface area contributed by atoms with Gasteiger partial charge in [-0.2, -0.15) is 8.78 Å². The minimum Gasteiger partial charge on any atom is -0.462 e. The number of halogens is 2. The number of esters is 1. The molecule has 5 fully saturated rings. The number of para-hydroxylation sites is 1. The lowest BCUT2D eigenvalue weighted by molar-refractivity contribution is -0.157. The third kappa shape index (κ3) is 8.42. The van der Waals surface area contributed by atoms with Crippen LogP contribution in [-0.4, -0.2) is 114 Å². The van der Waals surface area contributed by atoms with E-state index >= 15 is 8.78 Å². The van der Waals surface area contributed by atoms with Crippen molar-refractivity contribution in [3.63, 3.8) is 0 Å². The lowest BCUT2D eigenvalue weighted by atomic mass is 9.96. The van der Waals surface area contributed by atoms with E-state index in [2.05, 4.69) is 10.4 Å². The molecule has 18 heteroatoms. The maximum Gasteiger partial charge on any atom is 0.390 e. The second-order valence-electron chi connectivity index (χ2n) is 16.8. The molecule has 2 aromatic carbocycles. The van der Waals surface area contributed by atoms with E-state index in [1.54, 1.807) is 34.6 Å². The van der Waals surface area contributed by atoms with Gasteiger partial charge in [-0.05, 0) is 100 Å². The van der Waals surface area contributed by atoms with E-state index in [1.807, 2.05) is 0 Å². The lowest BCUT2D eigenvalue weighted by Gasteiger charge is -2.44. The Labute approximate surface area is 350 Å². The first-order valence-electron chi connectivity index (χ1n) is 20.6. The molecule has 7 atom stereocenters. The second-order valence-corrected chi connectivity index (χ2v) is 20.0. The van der Waals surface area contributed by atoms with Gasteiger partial charge in [0.1, 0.15) is 23.9 Å². The van der Waals surface area contributed by atoms with Crippen molar-refractivity contribution in [3.8, 4) is 5.75 Å². The predicted molar refractivity (Wildman–Crippen MR) is 217 cm³/mol. The average molecular weight is 870 g/mol. The summed E-state index contributed by atoms with van der Waals surface area (Å²) in [6.07, 6.45) is 2.81. The number of hydrogen-bond donors (Lipinski definition) is 2. The topological polar surface area (TPSA) is 164 Å². The Bertz CT molecular complexity index is 2200. The summed E-state index contributed by atoms with van der Waals surface area (Å²) in [6, 6.07) is 9.44. The number of morpholine rings is 1. The van der Waals surface area contributed by atoms with Gasteiger partial charge in [-0.15, -0.1) is 11.3 Å². The summed E-state index contributed by atoms with van der Waals surface area (Å²) in [5.74, 6) is -1.62. The first kappa shape index (κ1) is 42.3. The number of benzene rings is 2. The highest BCUT2D eigenvalue weighted by Gasteiger charge is 2.57. The fraction of sp³-hybridized carbons (Fsp3) is 0.548. The molecule has 1 aliphatic carbocycles. The molecule has 4 amide bonds. The van der Waals surface area contributed by atoms with Gasteiger partial charge in [-0.3, -0.25) is 28.5 Å². The van der Waals surface area contributed by atoms with Gasteiger partial charge < -0.3 is 34.0 Å². The van der Waals surface area contributed by atoms with E-state index in [9.17, 15) is 28.5 Å². The van der Waals surface area contributed by atoms with E-state index in [4.69, 9.17) is 14.0 Å². The number of ether oxygens (including phenoxy) is 2. The molecule has 4 saturated heterocycles. The van der Waals surface area contributed by atoms with Crippen molar-refractivity contribution in [2.75, 3.05) is 39.4 Å². The standard InChI is InChI=1S/C42H50F2N5O9PS/c1-24(2)57-41(54)25(3)46-59(55,58-32-7-5-4-6-8-32)42(43,44)30-9-12-35-28(18-30)21-36(60-35)37(50)45-33-20-27-17-26(27)19-31-10-11-34(49(31)39(33)52)40(53)48-22-29(23-48)38(51)47-13-15-56-16-14-47/h4-9,12,18,21,24-27,29,31,33-34H,10-11,13-17,19-20,22-23H2,1-3H3,(H,45,50)(H,46,55)/t25-,26+,27-,31+,33-,34-,59?/m0/s1. The molecule has 1 saturated carbocycles. The van der Waals surface area contributed by atoms with Gasteiger partial charge >= 0.3 is 19.2 Å². The highest BCUT2D eigenvalue weighted by molar-refractivity contribution is 7.58. The van der Waals surface area contributed by atoms with Gasteiger partial charge in [-0.25, -0.2) is 5.09 Å². The Hall–Kier alpha value is -4.44. The molecule has 5 heterocycles. The van der Waals surface area contributed by atoms with Gasteiger partial charge in [0.25, 0.3) is 5.91 Å². The van der Waals surface area contributed by atoms with Crippen LogP contribution < -0.4 is 14.9 Å². The molecule has 4 aliphatic heterocycles. The fourth-order valence-corrected chi connectivity index (χ4v) is 11.7. The van der Waals surface area contributed by atoms with Crippen LogP contribution in [0.3, 0.4) is 0 Å². The third-order valence-corrected chi connectivity index (χ3v) is 15.5. The Morgan fingerprint density at radius 1 is 0.917 bits per heavy atom. The van der Waals surface area contributed by atoms with Crippen molar-refractivity contribution in [2.24, 2.45) is 17.8 Å². The van der Waals surface area contributed by atoms with Crippen molar-refractivity contribution >= 4 is 58.5 Å². The summed E-state index contributed by atoms with van der Waals surface area (Å²) < 4.78 is 63.9. The number of amides is 4. The Morgan fingerprint density at radius 3 is 2.35 bits per heavy atom. The number of fused-ring (bicyclic) bond motifs is 3. The van der Waals surface area contributed by atoms with Crippen LogP contribution in [0.15, 0.2) is 54.6 Å². The van der Waals surface area contributed by atoms with Crippen molar-refractivity contribution in [1.29, 1.82) is 0 Å². The zero-order valence-electron chi connectivity index (χ0n) is 33.7. The number of nitrogens with one attached hydrogen (secondary N) is 2. The Morgan fingerprint density at radius 2 is 1.63 bits per heavy atom. The van der Waals surface area contributed by atoms with Crippen LogP contribution in [-0.2, 0) is 38.9 Å². The normalized spacial score (nSPS) is 25.9. The summed E-state index contributed by atoms with van der Waals surface area (Å²) in [7, 11) is -5.24. The molecular formula is C42H50F2N5O9PS. The van der Waals surface area contributed by atoms with Crippen LogP contribution in [0.5, 0.6) is 5.75 Å². The minimum atomic E-state index is -5.24. The third-order valence-electron chi connectivity index (χ3n) is 12.2. The molecule has 2 N–H and O–H groups in total. The van der Waals surface area contributed by atoms with E-state index in [0.717, 1.165) is 36.3 Å². The fourth-order valence-electron chi connectivity index (χ4n) is 8.88. The molecule has 3 aromatic rings. The Kier molecular flexibility index (Phi) is 11.8. The van der Waals surface area contributed by atoms with Crippen molar-refractivity contribution < 1.29 is 51.3 Å². The predicted octanol–water partition coefficient (Wildman–Crippen LogP) is 5.36. The molecule has 322 valence electrons. The second kappa shape index (κ2) is 16.8. The SMILES string of the molecule is CC(C)OC(=O)[C@H](C)NP(=O)(Oc1ccccc1)C(F)(F)c1ccc2sc(C(=O)N[C@H]3C[C@@H]4C[C@@H]4C[C@H]4CC[C@@H](C(=O)N5CC(C(=O)N6CCOCC6)C5)N4C3=O)cc2c1. The zero-order valence-corrected chi connectivity index (χ0v) is 35.4. The van der Waals surface area contributed by atoms with Gasteiger partial charge in [0.2, 0.25) is 17.7 Å². The van der Waals surface area contributed by atoms with Crippen LogP contribution >= 0.6 is 18.9 Å². The molecule has 1 aromatic heterocycles. The molecule has 0 bridgehead atoms. The quantitative estimate of drug-likeness (QED) is 0.179. The first-order chi connectivity index (χ1) is 28.6. The molecule has 0 radical (unpaired) electrons. The first-order valence-corrected chi connectivity index (χ1v) is 23.1. The number of carbonyl (C=O) groups is 5. The van der Waals surface area contributed by atoms with E-state index < -0.39 is 54.9 Å². The summed E-state index contributed by atoms with van der Waals surface area (Å²) in [4.78, 5) is 73.1. The van der Waals surface area contributed by atoms with Crippen LogP contribution in [0.4, 0.5) is 8.78 Å². The molecule has 0 spiro atoms. The van der Waals surface area contributed by atoms with Crippen LogP contribution in [0, 0.1) is 17.8 Å². The summed E-state index contributed by atoms with van der Waals surface area (Å²) in [5.41, 5.74) is -4.82. The Balaban J connectivity index is 0.977. The number of rotatable bonds is 12. The average Bonchev–Trinajstić information content (AvgIpc) is 3.55. The summed E-state index contributed by atoms with van der Waals surface area (Å²) in [6.45, 7) is 7.15. The lowest BCUT2D eigenvalue weighted by Crippen LogP contribution is -2.62. The highest BCUT2D eigenvalue weighted by atomic mass is 32.1. The minimum absolute atomic E-state index is 0.0205. The van der Waals surface area contributed by atoms with Crippen LogP contribution in [0.1, 0.15) is 68.1 Å². The number of carbonyl (C=O) groups excluding carboxylic acids is 5. The van der Waals surface area contributed by atoms with Crippen molar-refractivity contribution in [1.82, 2.24) is 25.1 Å². The maximum absolute atomic E-state index is 16.6. The molecule has 8 rings (SSSR count). The molecule has 5 aliphatic rings. The number of nitrogens with zero attached hydrogens (tertiary/aromatic N) is 3. The van der Waals surface area contributed by atoms with E-state index in [-0.39, 0.29) is 51.6 Å². The molecule has 1 unspecified atom stereocenters. The van der Waals surface area contributed by atoms with Crippen LogP contribution in [0.25, 0.3) is 10.1 Å². The number of likely N-dealkylation sites (tertiary alicyclic amines) is 1. The van der Waals surface area contributed by atoms with Gasteiger partial charge in [0.15, 0.2) is 0 Å². The molecule has 14 nitrogen and oxygen atoms in total. The number of hydrogen-bond acceptors (Lipinski definition) is 10. The van der Waals surface area contributed by atoms with Gasteiger partial charge in [0.05, 0.1) is 30.1 Å². The summed E-state index contributed by atoms with van der Waals surface area (Å²) in [5, 5.41) is 5.45. The highest BCUT2D eigenvalue weighted by Crippen LogP contribution is 2.63. The van der Waals surface area contributed by atoms with Crippen molar-refractivity contribution in [3.05, 3.63) is 65.0 Å². The van der Waals surface area contributed by atoms with Crippen molar-refractivity contribution in [2.45, 2.75) is 88.8 Å². The van der Waals surface area contributed by atoms with Crippen LogP contribution in [0.2, 0.25) is 0 Å². The number of alkyl halides is 2. The zero-order chi connectivity index (χ0) is 42.5. The molecular weight excluding hydrogens is 820 g/mol. The maximum atomic E-state index is 16.6. The monoisotopic (exact) mass is 869 g/mol. The van der Waals surface area contributed by atoms with E-state index in [1.165, 1.54) is 43.3 Å². The van der Waals surface area contributed by atoms with Gasteiger partial charge in [-0.1, -0.05) is 24.3 Å². The molecule has 60 heavy (non-hydrogen) atoms. The smallest absolute Gasteiger partial charge is 0.390 e. The largest absolute Gasteiger partial charge is 0.462 e. The van der Waals surface area contributed by atoms with Gasteiger partial charge in [0, 0.05) is 42.5 Å².